The lowest BCUT2D eigenvalue weighted by Crippen LogP contribution is -2.17. The Morgan fingerprint density at radius 2 is 1.57 bits per heavy atom. The first kappa shape index (κ1) is 16.2. The van der Waals surface area contributed by atoms with E-state index < -0.39 is 6.36 Å². The van der Waals surface area contributed by atoms with Gasteiger partial charge in [-0.3, -0.25) is 0 Å². The third kappa shape index (κ3) is 4.93. The van der Waals surface area contributed by atoms with Crippen molar-refractivity contribution in [2.75, 3.05) is 0 Å². The molecule has 0 radical (unpaired) electrons. The molecule has 0 aliphatic heterocycles. The van der Waals surface area contributed by atoms with Crippen LogP contribution in [0, 0.1) is 0 Å². The Morgan fingerprint density at radius 1 is 0.952 bits per heavy atom. The van der Waals surface area contributed by atoms with Crippen molar-refractivity contribution in [2.24, 2.45) is 0 Å². The van der Waals surface area contributed by atoms with E-state index in [-0.39, 0.29) is 12.4 Å². The first-order valence-corrected chi connectivity index (χ1v) is 7.35. The number of halogens is 5. The maximum Gasteiger partial charge on any atom is 0.573 e. The SMILES string of the molecule is FC(F)(F)Oc1cccc(COc2c(Br)cccc2Br)c1. The largest absolute Gasteiger partial charge is 0.573 e. The fraction of sp³-hybridized carbons (Fsp3) is 0.143. The second-order valence-electron chi connectivity index (χ2n) is 4.03. The van der Waals surface area contributed by atoms with Gasteiger partial charge in [0.25, 0.3) is 0 Å². The molecule has 0 spiro atoms. The second-order valence-corrected chi connectivity index (χ2v) is 5.74. The molecule has 0 aromatic heterocycles. The van der Waals surface area contributed by atoms with Gasteiger partial charge in [-0.1, -0.05) is 18.2 Å². The molecule has 2 nitrogen and oxygen atoms in total. The van der Waals surface area contributed by atoms with Crippen LogP contribution >= 0.6 is 31.9 Å². The van der Waals surface area contributed by atoms with Gasteiger partial charge < -0.3 is 9.47 Å². The van der Waals surface area contributed by atoms with E-state index in [1.165, 1.54) is 18.2 Å². The summed E-state index contributed by atoms with van der Waals surface area (Å²) in [6, 6.07) is 11.1. The highest BCUT2D eigenvalue weighted by atomic mass is 79.9. The average molecular weight is 426 g/mol. The quantitative estimate of drug-likeness (QED) is 0.626. The van der Waals surface area contributed by atoms with E-state index in [1.54, 1.807) is 6.07 Å². The molecule has 0 bridgehead atoms. The molecule has 0 aliphatic rings. The van der Waals surface area contributed by atoms with Crippen LogP contribution in [0.25, 0.3) is 0 Å². The van der Waals surface area contributed by atoms with Crippen molar-refractivity contribution in [2.45, 2.75) is 13.0 Å². The van der Waals surface area contributed by atoms with Crippen molar-refractivity contribution >= 4 is 31.9 Å². The number of rotatable bonds is 4. The van der Waals surface area contributed by atoms with Crippen molar-refractivity contribution < 1.29 is 22.6 Å². The van der Waals surface area contributed by atoms with Crippen LogP contribution < -0.4 is 9.47 Å². The molecule has 0 N–H and O–H groups in total. The first-order chi connectivity index (χ1) is 9.85. The fourth-order valence-corrected chi connectivity index (χ4v) is 2.84. The highest BCUT2D eigenvalue weighted by molar-refractivity contribution is 9.11. The molecule has 0 amide bonds. The smallest absolute Gasteiger partial charge is 0.487 e. The van der Waals surface area contributed by atoms with Crippen molar-refractivity contribution in [3.63, 3.8) is 0 Å². The number of ether oxygens (including phenoxy) is 2. The van der Waals surface area contributed by atoms with Crippen LogP contribution in [0.1, 0.15) is 5.56 Å². The van der Waals surface area contributed by atoms with Gasteiger partial charge in [0, 0.05) is 0 Å². The Balaban J connectivity index is 2.09. The summed E-state index contributed by atoms with van der Waals surface area (Å²) in [6.07, 6.45) is -4.70. The number of para-hydroxylation sites is 1. The highest BCUT2D eigenvalue weighted by Crippen LogP contribution is 2.33. The Kier molecular flexibility index (Phi) is 5.16. The molecule has 0 saturated heterocycles. The van der Waals surface area contributed by atoms with E-state index in [2.05, 4.69) is 36.6 Å². The van der Waals surface area contributed by atoms with E-state index >= 15 is 0 Å². The number of alkyl halides is 3. The van der Waals surface area contributed by atoms with Gasteiger partial charge in [-0.2, -0.15) is 0 Å². The summed E-state index contributed by atoms with van der Waals surface area (Å²) in [5.41, 5.74) is 0.569. The van der Waals surface area contributed by atoms with Crippen molar-refractivity contribution in [1.29, 1.82) is 0 Å². The zero-order valence-corrected chi connectivity index (χ0v) is 13.6. The number of hydrogen-bond acceptors (Lipinski definition) is 2. The third-order valence-corrected chi connectivity index (χ3v) is 3.68. The molecule has 112 valence electrons. The number of hydrogen-bond donors (Lipinski definition) is 0. The molecule has 0 atom stereocenters. The monoisotopic (exact) mass is 424 g/mol. The summed E-state index contributed by atoms with van der Waals surface area (Å²) in [5, 5.41) is 0. The van der Waals surface area contributed by atoms with Gasteiger partial charge in [-0.05, 0) is 61.7 Å². The van der Waals surface area contributed by atoms with Crippen LogP contribution in [-0.2, 0) is 6.61 Å². The minimum Gasteiger partial charge on any atom is -0.487 e. The Morgan fingerprint density at radius 3 is 2.19 bits per heavy atom. The molecule has 2 rings (SSSR count). The van der Waals surface area contributed by atoms with Crippen molar-refractivity contribution in [1.82, 2.24) is 0 Å². The van der Waals surface area contributed by atoms with E-state index in [0.29, 0.717) is 11.3 Å². The maximum absolute atomic E-state index is 12.2. The van der Waals surface area contributed by atoms with Gasteiger partial charge in [-0.15, -0.1) is 13.2 Å². The van der Waals surface area contributed by atoms with Gasteiger partial charge in [0.15, 0.2) is 0 Å². The van der Waals surface area contributed by atoms with Gasteiger partial charge in [0.05, 0.1) is 8.95 Å². The van der Waals surface area contributed by atoms with Crippen LogP contribution in [0.2, 0.25) is 0 Å². The molecule has 0 aliphatic carbocycles. The Hall–Kier alpha value is -1.21. The van der Waals surface area contributed by atoms with Gasteiger partial charge >= 0.3 is 6.36 Å². The van der Waals surface area contributed by atoms with E-state index in [1.807, 2.05) is 18.2 Å². The lowest BCUT2D eigenvalue weighted by Gasteiger charge is -2.12. The predicted octanol–water partition coefficient (Wildman–Crippen LogP) is 5.69. The molecular formula is C14H9Br2F3O2. The number of benzene rings is 2. The molecule has 21 heavy (non-hydrogen) atoms. The van der Waals surface area contributed by atoms with Crippen molar-refractivity contribution in [3.8, 4) is 11.5 Å². The second kappa shape index (κ2) is 6.70. The molecule has 2 aromatic carbocycles. The first-order valence-electron chi connectivity index (χ1n) is 5.76. The van der Waals surface area contributed by atoms with Crippen LogP contribution in [0.4, 0.5) is 13.2 Å². The maximum atomic E-state index is 12.2. The standard InChI is InChI=1S/C14H9Br2F3O2/c15-11-5-2-6-12(16)13(11)20-8-9-3-1-4-10(7-9)21-14(17,18)19/h1-7H,8H2. The summed E-state index contributed by atoms with van der Waals surface area (Å²) in [7, 11) is 0. The fourth-order valence-electron chi connectivity index (χ4n) is 1.61. The molecular weight excluding hydrogens is 417 g/mol. The van der Waals surface area contributed by atoms with E-state index in [9.17, 15) is 13.2 Å². The summed E-state index contributed by atoms with van der Waals surface area (Å²) < 4.78 is 47.5. The minimum absolute atomic E-state index is 0.121. The third-order valence-electron chi connectivity index (χ3n) is 2.43. The zero-order valence-electron chi connectivity index (χ0n) is 10.5. The molecule has 0 unspecified atom stereocenters. The highest BCUT2D eigenvalue weighted by Gasteiger charge is 2.31. The van der Waals surface area contributed by atoms with E-state index in [4.69, 9.17) is 4.74 Å². The van der Waals surface area contributed by atoms with Crippen LogP contribution in [-0.4, -0.2) is 6.36 Å². The minimum atomic E-state index is -4.70. The van der Waals surface area contributed by atoms with Crippen LogP contribution in [0.15, 0.2) is 51.4 Å². The van der Waals surface area contributed by atoms with Gasteiger partial charge in [0.2, 0.25) is 0 Å². The lowest BCUT2D eigenvalue weighted by molar-refractivity contribution is -0.274. The topological polar surface area (TPSA) is 18.5 Å². The molecule has 0 saturated carbocycles. The molecule has 7 heteroatoms. The Bertz CT molecular complexity index is 610. The summed E-state index contributed by atoms with van der Waals surface area (Å²) >= 11 is 6.69. The lowest BCUT2D eigenvalue weighted by atomic mass is 10.2. The van der Waals surface area contributed by atoms with Crippen LogP contribution in [0.5, 0.6) is 11.5 Å². The molecule has 0 heterocycles. The van der Waals surface area contributed by atoms with Crippen LogP contribution in [0.3, 0.4) is 0 Å². The molecule has 2 aromatic rings. The average Bonchev–Trinajstić information content (AvgIpc) is 2.36. The molecule has 0 fully saturated rings. The summed E-state index contributed by atoms with van der Waals surface area (Å²) in [4.78, 5) is 0. The predicted molar refractivity (Wildman–Crippen MR) is 79.3 cm³/mol. The summed E-state index contributed by atoms with van der Waals surface area (Å²) in [6.45, 7) is 0.121. The van der Waals surface area contributed by atoms with Gasteiger partial charge in [0.1, 0.15) is 18.1 Å². The zero-order chi connectivity index (χ0) is 15.5. The van der Waals surface area contributed by atoms with Crippen molar-refractivity contribution in [3.05, 3.63) is 57.0 Å². The Labute approximate surface area is 136 Å². The van der Waals surface area contributed by atoms with Gasteiger partial charge in [-0.25, -0.2) is 0 Å². The normalized spacial score (nSPS) is 11.3. The van der Waals surface area contributed by atoms with E-state index in [0.717, 1.165) is 8.95 Å². The summed E-state index contributed by atoms with van der Waals surface area (Å²) in [5.74, 6) is 0.314.